The van der Waals surface area contributed by atoms with Crippen molar-refractivity contribution in [1.82, 2.24) is 0 Å². The number of carbonyl (C=O) groups is 1. The number of aryl methyl sites for hydroxylation is 1. The van der Waals surface area contributed by atoms with Crippen LogP contribution in [-0.4, -0.2) is 5.91 Å². The minimum atomic E-state index is 0.0799. The van der Waals surface area contributed by atoms with E-state index in [0.29, 0.717) is 6.42 Å². The van der Waals surface area contributed by atoms with E-state index in [-0.39, 0.29) is 5.91 Å². The fraction of sp³-hybridized carbons (Fsp3) is 0.222. The van der Waals surface area contributed by atoms with Crippen LogP contribution in [0.1, 0.15) is 11.1 Å². The molecular formula is C9H8BrNO. The van der Waals surface area contributed by atoms with Crippen LogP contribution in [0.15, 0.2) is 16.6 Å². The van der Waals surface area contributed by atoms with Crippen molar-refractivity contribution in [1.29, 1.82) is 0 Å². The number of benzene rings is 1. The topological polar surface area (TPSA) is 29.1 Å². The summed E-state index contributed by atoms with van der Waals surface area (Å²) in [5, 5.41) is 2.82. The van der Waals surface area contributed by atoms with Crippen molar-refractivity contribution < 1.29 is 4.79 Å². The lowest BCUT2D eigenvalue weighted by atomic mass is 10.1. The summed E-state index contributed by atoms with van der Waals surface area (Å²) >= 11 is 3.44. The van der Waals surface area contributed by atoms with Gasteiger partial charge in [-0.3, -0.25) is 4.79 Å². The molecule has 0 unspecified atom stereocenters. The smallest absolute Gasteiger partial charge is 0.228 e. The molecule has 1 aromatic rings. The number of amides is 1. The van der Waals surface area contributed by atoms with E-state index >= 15 is 0 Å². The number of anilines is 1. The van der Waals surface area contributed by atoms with Crippen molar-refractivity contribution in [3.8, 4) is 0 Å². The Kier molecular flexibility index (Phi) is 1.68. The molecule has 0 fully saturated rings. The first kappa shape index (κ1) is 7.80. The van der Waals surface area contributed by atoms with E-state index in [1.807, 2.05) is 19.1 Å². The Hall–Kier alpha value is -0.830. The van der Waals surface area contributed by atoms with Gasteiger partial charge in [0, 0.05) is 4.47 Å². The number of nitrogens with one attached hydrogen (secondary N) is 1. The van der Waals surface area contributed by atoms with Gasteiger partial charge in [0.05, 0.1) is 12.1 Å². The van der Waals surface area contributed by atoms with Gasteiger partial charge in [-0.15, -0.1) is 0 Å². The van der Waals surface area contributed by atoms with E-state index in [9.17, 15) is 4.79 Å². The van der Waals surface area contributed by atoms with Crippen LogP contribution < -0.4 is 5.32 Å². The molecule has 2 rings (SSSR count). The lowest BCUT2D eigenvalue weighted by Crippen LogP contribution is -2.04. The van der Waals surface area contributed by atoms with E-state index in [4.69, 9.17) is 0 Å². The summed E-state index contributed by atoms with van der Waals surface area (Å²) in [5.41, 5.74) is 3.17. The average molecular weight is 226 g/mol. The highest BCUT2D eigenvalue weighted by Crippen LogP contribution is 2.33. The van der Waals surface area contributed by atoms with E-state index in [2.05, 4.69) is 21.2 Å². The molecule has 3 heteroatoms. The highest BCUT2D eigenvalue weighted by atomic mass is 79.9. The summed E-state index contributed by atoms with van der Waals surface area (Å²) in [7, 11) is 0. The molecule has 2 nitrogen and oxygen atoms in total. The van der Waals surface area contributed by atoms with Crippen LogP contribution in [0.25, 0.3) is 0 Å². The van der Waals surface area contributed by atoms with Crippen molar-refractivity contribution in [2.75, 3.05) is 5.32 Å². The zero-order valence-corrected chi connectivity index (χ0v) is 8.23. The first-order valence-electron chi connectivity index (χ1n) is 3.76. The molecule has 1 N–H and O–H groups in total. The molecule has 0 radical (unpaired) electrons. The maximum atomic E-state index is 11.0. The molecule has 0 bridgehead atoms. The van der Waals surface area contributed by atoms with Crippen LogP contribution in [-0.2, 0) is 11.2 Å². The molecule has 0 aromatic heterocycles. The van der Waals surface area contributed by atoms with Gasteiger partial charge in [0.15, 0.2) is 0 Å². The van der Waals surface area contributed by atoms with Gasteiger partial charge in [0.1, 0.15) is 0 Å². The third-order valence-electron chi connectivity index (χ3n) is 2.04. The van der Waals surface area contributed by atoms with Gasteiger partial charge in [-0.2, -0.15) is 0 Å². The van der Waals surface area contributed by atoms with Crippen LogP contribution in [0, 0.1) is 6.92 Å². The summed E-state index contributed by atoms with van der Waals surface area (Å²) in [6.45, 7) is 2.01. The lowest BCUT2D eigenvalue weighted by molar-refractivity contribution is -0.115. The van der Waals surface area contributed by atoms with Gasteiger partial charge in [-0.05, 0) is 34.0 Å². The fourth-order valence-corrected chi connectivity index (χ4v) is 1.85. The standard InChI is InChI=1S/C9H8BrNO/c1-5-2-3-6-4-7(12)11-9(6)8(5)10/h2-3H,4H2,1H3,(H,11,12). The second-order valence-electron chi connectivity index (χ2n) is 2.96. The van der Waals surface area contributed by atoms with Gasteiger partial charge >= 0.3 is 0 Å². The number of halogens is 1. The zero-order chi connectivity index (χ0) is 8.72. The molecule has 12 heavy (non-hydrogen) atoms. The third kappa shape index (κ3) is 1.05. The highest BCUT2D eigenvalue weighted by Gasteiger charge is 2.20. The maximum absolute atomic E-state index is 11.0. The second kappa shape index (κ2) is 2.59. The first-order valence-corrected chi connectivity index (χ1v) is 4.55. The van der Waals surface area contributed by atoms with Crippen molar-refractivity contribution in [2.45, 2.75) is 13.3 Å². The predicted molar refractivity (Wildman–Crippen MR) is 51.2 cm³/mol. The summed E-state index contributed by atoms with van der Waals surface area (Å²) < 4.78 is 1.01. The van der Waals surface area contributed by atoms with Crippen molar-refractivity contribution in [3.63, 3.8) is 0 Å². The summed E-state index contributed by atoms with van der Waals surface area (Å²) in [5.74, 6) is 0.0799. The van der Waals surface area contributed by atoms with Crippen molar-refractivity contribution >= 4 is 27.5 Å². The zero-order valence-electron chi connectivity index (χ0n) is 6.65. The Bertz CT molecular complexity index is 360. The molecule has 1 aromatic carbocycles. The molecule has 0 spiro atoms. The SMILES string of the molecule is Cc1ccc2c(c1Br)NC(=O)C2. The number of hydrogen-bond donors (Lipinski definition) is 1. The van der Waals surface area contributed by atoms with Crippen molar-refractivity contribution in [2.24, 2.45) is 0 Å². The molecule has 1 amide bonds. The Balaban J connectivity index is 2.61. The van der Waals surface area contributed by atoms with Gasteiger partial charge < -0.3 is 5.32 Å². The molecule has 1 aliphatic heterocycles. The lowest BCUT2D eigenvalue weighted by Gasteiger charge is -2.03. The number of carbonyl (C=O) groups excluding carboxylic acids is 1. The minimum absolute atomic E-state index is 0.0799. The third-order valence-corrected chi connectivity index (χ3v) is 3.06. The molecule has 1 aliphatic rings. The molecule has 1 heterocycles. The van der Waals surface area contributed by atoms with Gasteiger partial charge in [-0.1, -0.05) is 12.1 Å². The predicted octanol–water partition coefficient (Wildman–Crippen LogP) is 2.25. The van der Waals surface area contributed by atoms with E-state index in [1.165, 1.54) is 0 Å². The normalized spacial score (nSPS) is 14.3. The van der Waals surface area contributed by atoms with Gasteiger partial charge in [0.2, 0.25) is 5.91 Å². The second-order valence-corrected chi connectivity index (χ2v) is 3.75. The Morgan fingerprint density at radius 1 is 1.50 bits per heavy atom. The molecule has 62 valence electrons. The first-order chi connectivity index (χ1) is 5.68. The van der Waals surface area contributed by atoms with Gasteiger partial charge in [-0.25, -0.2) is 0 Å². The maximum Gasteiger partial charge on any atom is 0.228 e. The Morgan fingerprint density at radius 3 is 3.00 bits per heavy atom. The van der Waals surface area contributed by atoms with Crippen LogP contribution in [0.4, 0.5) is 5.69 Å². The molecule has 0 saturated carbocycles. The minimum Gasteiger partial charge on any atom is -0.325 e. The molecule has 0 atom stereocenters. The van der Waals surface area contributed by atoms with Crippen molar-refractivity contribution in [3.05, 3.63) is 27.7 Å². The van der Waals surface area contributed by atoms with Crippen LogP contribution >= 0.6 is 15.9 Å². The molecule has 0 aliphatic carbocycles. The monoisotopic (exact) mass is 225 g/mol. The van der Waals surface area contributed by atoms with E-state index < -0.39 is 0 Å². The Morgan fingerprint density at radius 2 is 2.25 bits per heavy atom. The van der Waals surface area contributed by atoms with Gasteiger partial charge in [0.25, 0.3) is 0 Å². The summed E-state index contributed by atoms with van der Waals surface area (Å²) in [6, 6.07) is 4.01. The number of hydrogen-bond acceptors (Lipinski definition) is 1. The van der Waals surface area contributed by atoms with E-state index in [1.54, 1.807) is 0 Å². The summed E-state index contributed by atoms with van der Waals surface area (Å²) in [6.07, 6.45) is 0.508. The van der Waals surface area contributed by atoms with Crippen LogP contribution in [0.2, 0.25) is 0 Å². The largest absolute Gasteiger partial charge is 0.325 e. The highest BCUT2D eigenvalue weighted by molar-refractivity contribution is 9.10. The quantitative estimate of drug-likeness (QED) is 0.722. The summed E-state index contributed by atoms with van der Waals surface area (Å²) in [4.78, 5) is 11.0. The average Bonchev–Trinajstić information content (AvgIpc) is 2.39. The van der Waals surface area contributed by atoms with Crippen LogP contribution in [0.3, 0.4) is 0 Å². The number of rotatable bonds is 0. The molecular weight excluding hydrogens is 218 g/mol. The number of fused-ring (bicyclic) bond motifs is 1. The fourth-order valence-electron chi connectivity index (χ4n) is 1.36. The Labute approximate surface area is 79.1 Å². The van der Waals surface area contributed by atoms with E-state index in [0.717, 1.165) is 21.3 Å². The molecule has 0 saturated heterocycles. The van der Waals surface area contributed by atoms with Crippen LogP contribution in [0.5, 0.6) is 0 Å².